The van der Waals surface area contributed by atoms with E-state index in [-0.39, 0.29) is 5.91 Å². The van der Waals surface area contributed by atoms with Gasteiger partial charge in [0.2, 0.25) is 0 Å². The minimum atomic E-state index is -0.171. The Hall–Kier alpha value is -1.64. The molecule has 112 valence electrons. The molecule has 3 rings (SSSR count). The summed E-state index contributed by atoms with van der Waals surface area (Å²) in [7, 11) is 0. The van der Waals surface area contributed by atoms with Crippen molar-refractivity contribution in [1.82, 2.24) is 0 Å². The molecule has 0 fully saturated rings. The number of halogens is 1. The third kappa shape index (κ3) is 2.94. The number of thiophene rings is 1. The molecule has 1 heterocycles. The van der Waals surface area contributed by atoms with Crippen LogP contribution in [0.1, 0.15) is 39.7 Å². The van der Waals surface area contributed by atoms with Gasteiger partial charge in [-0.3, -0.25) is 4.79 Å². The minimum absolute atomic E-state index is 0.171. The minimum Gasteiger partial charge on any atom is -0.312 e. The van der Waals surface area contributed by atoms with Crippen molar-refractivity contribution in [2.45, 2.75) is 26.2 Å². The molecule has 1 N–H and O–H groups in total. The summed E-state index contributed by atoms with van der Waals surface area (Å²) in [5.74, 6) is 0.475. The number of nitrogens with one attached hydrogen (secondary N) is 1. The Morgan fingerprint density at radius 3 is 2.82 bits per heavy atom. The Bertz CT molecular complexity index is 758. The van der Waals surface area contributed by atoms with Crippen LogP contribution in [0, 0.1) is 17.2 Å². The normalized spacial score (nSPS) is 16.7. The molecule has 1 aromatic heterocycles. The van der Waals surface area contributed by atoms with Crippen molar-refractivity contribution in [3.63, 3.8) is 0 Å². The highest BCUT2D eigenvalue weighted by atomic mass is 79.9. The summed E-state index contributed by atoms with van der Waals surface area (Å²) in [6.07, 6.45) is 3.05. The molecule has 22 heavy (non-hydrogen) atoms. The van der Waals surface area contributed by atoms with E-state index in [9.17, 15) is 10.1 Å². The molecule has 0 radical (unpaired) electrons. The molecule has 3 nitrogen and oxygen atoms in total. The van der Waals surface area contributed by atoms with E-state index in [1.54, 1.807) is 23.5 Å². The number of benzene rings is 1. The maximum Gasteiger partial charge on any atom is 0.256 e. The largest absolute Gasteiger partial charge is 0.312 e. The number of nitriles is 1. The molecule has 0 spiro atoms. The van der Waals surface area contributed by atoms with E-state index in [2.05, 4.69) is 34.2 Å². The molecule has 1 amide bonds. The van der Waals surface area contributed by atoms with E-state index in [1.165, 1.54) is 4.88 Å². The number of carbonyl (C=O) groups excluding carboxylic acids is 1. The monoisotopic (exact) mass is 374 g/mol. The van der Waals surface area contributed by atoms with Crippen LogP contribution in [0.2, 0.25) is 0 Å². The third-order valence-electron chi connectivity index (χ3n) is 3.96. The molecule has 2 aromatic rings. The highest BCUT2D eigenvalue weighted by Crippen LogP contribution is 2.39. The number of anilines is 1. The Morgan fingerprint density at radius 1 is 1.41 bits per heavy atom. The van der Waals surface area contributed by atoms with Crippen LogP contribution in [0.15, 0.2) is 28.7 Å². The average molecular weight is 375 g/mol. The molecule has 5 heteroatoms. The SMILES string of the molecule is C[C@H]1CCc2c(sc(NC(=O)c3ccc(Br)cc3)c2C#N)C1. The van der Waals surface area contributed by atoms with Gasteiger partial charge in [0.15, 0.2) is 0 Å². The van der Waals surface area contributed by atoms with Gasteiger partial charge in [0.05, 0.1) is 5.56 Å². The van der Waals surface area contributed by atoms with E-state index in [0.717, 1.165) is 29.3 Å². The fourth-order valence-corrected chi connectivity index (χ4v) is 4.35. The quantitative estimate of drug-likeness (QED) is 0.823. The lowest BCUT2D eigenvalue weighted by Gasteiger charge is -2.17. The van der Waals surface area contributed by atoms with Gasteiger partial charge in [-0.05, 0) is 55.0 Å². The first-order chi connectivity index (χ1) is 10.6. The maximum absolute atomic E-state index is 12.3. The lowest BCUT2D eigenvalue weighted by Crippen LogP contribution is -2.12. The van der Waals surface area contributed by atoms with Gasteiger partial charge in [-0.1, -0.05) is 22.9 Å². The highest BCUT2D eigenvalue weighted by molar-refractivity contribution is 9.10. The smallest absolute Gasteiger partial charge is 0.256 e. The van der Waals surface area contributed by atoms with E-state index in [1.807, 2.05) is 12.1 Å². The fourth-order valence-electron chi connectivity index (χ4n) is 2.73. The zero-order chi connectivity index (χ0) is 15.7. The van der Waals surface area contributed by atoms with Gasteiger partial charge in [0, 0.05) is 14.9 Å². The molecular formula is C17H15BrN2OS. The second-order valence-corrected chi connectivity index (χ2v) is 7.65. The van der Waals surface area contributed by atoms with Crippen LogP contribution in [0.4, 0.5) is 5.00 Å². The van der Waals surface area contributed by atoms with Crippen molar-refractivity contribution in [2.75, 3.05) is 5.32 Å². The van der Waals surface area contributed by atoms with Crippen LogP contribution in [0.3, 0.4) is 0 Å². The lowest BCUT2D eigenvalue weighted by atomic mass is 9.88. The van der Waals surface area contributed by atoms with Crippen LogP contribution in [-0.4, -0.2) is 5.91 Å². The van der Waals surface area contributed by atoms with Crippen molar-refractivity contribution < 1.29 is 4.79 Å². The van der Waals surface area contributed by atoms with Crippen molar-refractivity contribution in [3.8, 4) is 6.07 Å². The summed E-state index contributed by atoms with van der Waals surface area (Å²) >= 11 is 4.91. The van der Waals surface area contributed by atoms with Crippen molar-refractivity contribution in [3.05, 3.63) is 50.3 Å². The van der Waals surface area contributed by atoms with Crippen LogP contribution >= 0.6 is 27.3 Å². The maximum atomic E-state index is 12.3. The number of rotatable bonds is 2. The molecule has 0 saturated carbocycles. The number of hydrogen-bond donors (Lipinski definition) is 1. The van der Waals surface area contributed by atoms with Gasteiger partial charge in [-0.25, -0.2) is 0 Å². The van der Waals surface area contributed by atoms with Gasteiger partial charge in [-0.15, -0.1) is 11.3 Å². The van der Waals surface area contributed by atoms with Crippen LogP contribution in [-0.2, 0) is 12.8 Å². The van der Waals surface area contributed by atoms with E-state index >= 15 is 0 Å². The molecule has 1 aliphatic rings. The summed E-state index contributed by atoms with van der Waals surface area (Å²) in [6.45, 7) is 2.23. The van der Waals surface area contributed by atoms with E-state index < -0.39 is 0 Å². The third-order valence-corrected chi connectivity index (χ3v) is 5.66. The van der Waals surface area contributed by atoms with Crippen LogP contribution in [0.25, 0.3) is 0 Å². The lowest BCUT2D eigenvalue weighted by molar-refractivity contribution is 0.102. The van der Waals surface area contributed by atoms with E-state index in [0.29, 0.717) is 22.0 Å². The average Bonchev–Trinajstić information content (AvgIpc) is 2.83. The summed E-state index contributed by atoms with van der Waals surface area (Å²) in [4.78, 5) is 13.6. The fraction of sp³-hybridized carbons (Fsp3) is 0.294. The highest BCUT2D eigenvalue weighted by Gasteiger charge is 2.24. The first-order valence-electron chi connectivity index (χ1n) is 7.20. The van der Waals surface area contributed by atoms with Crippen LogP contribution in [0.5, 0.6) is 0 Å². The molecule has 1 aromatic carbocycles. The Kier molecular flexibility index (Phi) is 4.32. The van der Waals surface area contributed by atoms with Gasteiger partial charge in [0.1, 0.15) is 11.1 Å². The number of nitrogens with zero attached hydrogens (tertiary/aromatic N) is 1. The molecule has 0 aliphatic heterocycles. The molecular weight excluding hydrogens is 360 g/mol. The predicted octanol–water partition coefficient (Wildman–Crippen LogP) is 4.76. The first-order valence-corrected chi connectivity index (χ1v) is 8.81. The second kappa shape index (κ2) is 6.23. The molecule has 0 unspecified atom stereocenters. The van der Waals surface area contributed by atoms with Crippen LogP contribution < -0.4 is 5.32 Å². The van der Waals surface area contributed by atoms with Crippen molar-refractivity contribution >= 4 is 38.2 Å². The zero-order valence-corrected chi connectivity index (χ0v) is 14.6. The van der Waals surface area contributed by atoms with Gasteiger partial charge in [0.25, 0.3) is 5.91 Å². The second-order valence-electron chi connectivity index (χ2n) is 5.63. The number of hydrogen-bond acceptors (Lipinski definition) is 3. The molecule has 1 atom stereocenters. The Labute approximate surface area is 142 Å². The van der Waals surface area contributed by atoms with E-state index in [4.69, 9.17) is 0 Å². The predicted molar refractivity (Wildman–Crippen MR) is 92.3 cm³/mol. The zero-order valence-electron chi connectivity index (χ0n) is 12.1. The summed E-state index contributed by atoms with van der Waals surface area (Å²) in [5.41, 5.74) is 2.38. The number of fused-ring (bicyclic) bond motifs is 1. The van der Waals surface area contributed by atoms with Gasteiger partial charge >= 0.3 is 0 Å². The summed E-state index contributed by atoms with van der Waals surface area (Å²) in [5, 5.41) is 13.0. The number of amides is 1. The van der Waals surface area contributed by atoms with Gasteiger partial charge in [-0.2, -0.15) is 5.26 Å². The summed E-state index contributed by atoms with van der Waals surface area (Å²) in [6, 6.07) is 9.47. The Balaban J connectivity index is 1.88. The van der Waals surface area contributed by atoms with Crippen molar-refractivity contribution in [1.29, 1.82) is 5.26 Å². The summed E-state index contributed by atoms with van der Waals surface area (Å²) < 4.78 is 0.933. The topological polar surface area (TPSA) is 52.9 Å². The standard InChI is InChI=1S/C17H15BrN2OS/c1-10-2-7-13-14(9-19)17(22-15(13)8-10)20-16(21)11-3-5-12(18)6-4-11/h3-6,10H,2,7-8H2,1H3,(H,20,21)/t10-/m0/s1. The molecule has 0 saturated heterocycles. The molecule has 0 bridgehead atoms. The Morgan fingerprint density at radius 2 is 2.14 bits per heavy atom. The first kappa shape index (κ1) is 15.3. The molecule has 1 aliphatic carbocycles. The number of carbonyl (C=O) groups is 1. The van der Waals surface area contributed by atoms with Crippen molar-refractivity contribution in [2.24, 2.45) is 5.92 Å². The van der Waals surface area contributed by atoms with Gasteiger partial charge < -0.3 is 5.32 Å².